The standard InChI is InChI=1S/C21H27NO4/c1-6-18(26-19-10-8-7-9-14(19)2)21(23)22-15(3)17-13-16(24-4)11-12-20(17)25-5/h7-13,15,18H,6H2,1-5H3,(H,22,23). The molecule has 2 rings (SSSR count). The molecule has 0 bridgehead atoms. The highest BCUT2D eigenvalue weighted by Gasteiger charge is 2.23. The molecule has 2 aromatic rings. The number of para-hydroxylation sites is 1. The van der Waals surface area contributed by atoms with Crippen molar-refractivity contribution in [2.45, 2.75) is 39.3 Å². The van der Waals surface area contributed by atoms with Gasteiger partial charge in [0.1, 0.15) is 17.2 Å². The Morgan fingerprint density at radius 1 is 1.08 bits per heavy atom. The van der Waals surface area contributed by atoms with Crippen molar-refractivity contribution in [1.29, 1.82) is 0 Å². The van der Waals surface area contributed by atoms with Crippen LogP contribution in [0.25, 0.3) is 0 Å². The maximum absolute atomic E-state index is 12.7. The molecule has 5 nitrogen and oxygen atoms in total. The molecule has 2 aromatic carbocycles. The fourth-order valence-electron chi connectivity index (χ4n) is 2.73. The minimum absolute atomic E-state index is 0.159. The van der Waals surface area contributed by atoms with Crippen molar-refractivity contribution in [1.82, 2.24) is 5.32 Å². The van der Waals surface area contributed by atoms with Crippen LogP contribution < -0.4 is 19.5 Å². The van der Waals surface area contributed by atoms with Gasteiger partial charge in [-0.25, -0.2) is 0 Å². The molecule has 140 valence electrons. The number of hydrogen-bond acceptors (Lipinski definition) is 4. The molecule has 26 heavy (non-hydrogen) atoms. The Balaban J connectivity index is 2.13. The van der Waals surface area contributed by atoms with Crippen LogP contribution in [-0.4, -0.2) is 26.2 Å². The third-order valence-electron chi connectivity index (χ3n) is 4.29. The second kappa shape index (κ2) is 9.13. The van der Waals surface area contributed by atoms with Crippen molar-refractivity contribution in [2.24, 2.45) is 0 Å². The summed E-state index contributed by atoms with van der Waals surface area (Å²) in [6, 6.07) is 13.0. The summed E-state index contributed by atoms with van der Waals surface area (Å²) in [6.07, 6.45) is 0.0115. The average molecular weight is 357 g/mol. The van der Waals surface area contributed by atoms with Gasteiger partial charge in [0.25, 0.3) is 5.91 Å². The molecule has 2 atom stereocenters. The number of methoxy groups -OCH3 is 2. The quantitative estimate of drug-likeness (QED) is 0.774. The Morgan fingerprint density at radius 2 is 1.81 bits per heavy atom. The first-order valence-corrected chi connectivity index (χ1v) is 8.74. The molecule has 0 saturated heterocycles. The summed E-state index contributed by atoms with van der Waals surface area (Å²) in [5, 5.41) is 3.01. The van der Waals surface area contributed by atoms with E-state index in [1.807, 2.05) is 63.2 Å². The molecule has 5 heteroatoms. The molecule has 0 aliphatic rings. The summed E-state index contributed by atoms with van der Waals surface area (Å²) >= 11 is 0. The molecule has 0 radical (unpaired) electrons. The fraction of sp³-hybridized carbons (Fsp3) is 0.381. The zero-order valence-electron chi connectivity index (χ0n) is 16.0. The lowest BCUT2D eigenvalue weighted by Gasteiger charge is -2.22. The average Bonchev–Trinajstić information content (AvgIpc) is 2.66. The predicted octanol–water partition coefficient (Wildman–Crippen LogP) is 4.05. The van der Waals surface area contributed by atoms with E-state index in [-0.39, 0.29) is 11.9 Å². The van der Waals surface area contributed by atoms with E-state index in [9.17, 15) is 4.79 Å². The van der Waals surface area contributed by atoms with Crippen LogP contribution in [0.15, 0.2) is 42.5 Å². The van der Waals surface area contributed by atoms with Crippen molar-refractivity contribution in [2.75, 3.05) is 14.2 Å². The van der Waals surface area contributed by atoms with Gasteiger partial charge in [-0.1, -0.05) is 25.1 Å². The minimum Gasteiger partial charge on any atom is -0.497 e. The monoisotopic (exact) mass is 357 g/mol. The maximum Gasteiger partial charge on any atom is 0.261 e. The molecule has 0 aliphatic carbocycles. The molecule has 0 saturated carbocycles. The maximum atomic E-state index is 12.7. The Kier molecular flexibility index (Phi) is 6.89. The van der Waals surface area contributed by atoms with Crippen molar-refractivity contribution >= 4 is 5.91 Å². The highest BCUT2D eigenvalue weighted by Crippen LogP contribution is 2.29. The number of carbonyl (C=O) groups is 1. The van der Waals surface area contributed by atoms with Crippen LogP contribution in [-0.2, 0) is 4.79 Å². The largest absolute Gasteiger partial charge is 0.497 e. The van der Waals surface area contributed by atoms with Gasteiger partial charge >= 0.3 is 0 Å². The van der Waals surface area contributed by atoms with Gasteiger partial charge in [-0.3, -0.25) is 4.79 Å². The summed E-state index contributed by atoms with van der Waals surface area (Å²) in [6.45, 7) is 5.80. The number of benzene rings is 2. The van der Waals surface area contributed by atoms with E-state index >= 15 is 0 Å². The Labute approximate surface area is 155 Å². The minimum atomic E-state index is -0.560. The van der Waals surface area contributed by atoms with E-state index in [1.165, 1.54) is 0 Å². The van der Waals surface area contributed by atoms with Gasteiger partial charge in [-0.15, -0.1) is 0 Å². The third kappa shape index (κ3) is 4.69. The van der Waals surface area contributed by atoms with Crippen LogP contribution >= 0.6 is 0 Å². The second-order valence-corrected chi connectivity index (χ2v) is 6.12. The summed E-state index contributed by atoms with van der Waals surface area (Å²) in [5.41, 5.74) is 1.85. The van der Waals surface area contributed by atoms with Crippen LogP contribution in [0.4, 0.5) is 0 Å². The number of rotatable bonds is 8. The second-order valence-electron chi connectivity index (χ2n) is 6.12. The number of amides is 1. The summed E-state index contributed by atoms with van der Waals surface area (Å²) in [5.74, 6) is 1.98. The summed E-state index contributed by atoms with van der Waals surface area (Å²) in [4.78, 5) is 12.7. The van der Waals surface area contributed by atoms with Gasteiger partial charge in [0.05, 0.1) is 20.3 Å². The first-order valence-electron chi connectivity index (χ1n) is 8.74. The van der Waals surface area contributed by atoms with Crippen molar-refractivity contribution in [3.8, 4) is 17.2 Å². The lowest BCUT2D eigenvalue weighted by atomic mass is 10.1. The summed E-state index contributed by atoms with van der Waals surface area (Å²) in [7, 11) is 3.22. The van der Waals surface area contributed by atoms with Gasteiger partial charge in [0.2, 0.25) is 0 Å². The van der Waals surface area contributed by atoms with E-state index < -0.39 is 6.10 Å². The highest BCUT2D eigenvalue weighted by molar-refractivity contribution is 5.81. The SMILES string of the molecule is CCC(Oc1ccccc1C)C(=O)NC(C)c1cc(OC)ccc1OC. The molecular weight excluding hydrogens is 330 g/mol. The molecule has 0 aliphatic heterocycles. The first-order chi connectivity index (χ1) is 12.5. The molecule has 1 amide bonds. The lowest BCUT2D eigenvalue weighted by molar-refractivity contribution is -0.128. The summed E-state index contributed by atoms with van der Waals surface area (Å²) < 4.78 is 16.6. The van der Waals surface area contributed by atoms with Gasteiger partial charge in [0.15, 0.2) is 6.10 Å². The normalized spacial score (nSPS) is 12.8. The van der Waals surface area contributed by atoms with E-state index in [0.717, 1.165) is 16.9 Å². The Hall–Kier alpha value is -2.69. The molecule has 1 N–H and O–H groups in total. The van der Waals surface area contributed by atoms with Gasteiger partial charge < -0.3 is 19.5 Å². The van der Waals surface area contributed by atoms with E-state index in [0.29, 0.717) is 17.9 Å². The molecule has 0 fully saturated rings. The van der Waals surface area contributed by atoms with E-state index in [2.05, 4.69) is 5.32 Å². The smallest absolute Gasteiger partial charge is 0.261 e. The van der Waals surface area contributed by atoms with Crippen LogP contribution in [0, 0.1) is 6.92 Å². The van der Waals surface area contributed by atoms with E-state index in [4.69, 9.17) is 14.2 Å². The number of carbonyl (C=O) groups excluding carboxylic acids is 1. The number of nitrogens with one attached hydrogen (secondary N) is 1. The van der Waals surface area contributed by atoms with Crippen molar-refractivity contribution in [3.63, 3.8) is 0 Å². The molecule has 2 unspecified atom stereocenters. The number of ether oxygens (including phenoxy) is 3. The highest BCUT2D eigenvalue weighted by atomic mass is 16.5. The predicted molar refractivity (Wildman–Crippen MR) is 102 cm³/mol. The van der Waals surface area contributed by atoms with Crippen molar-refractivity contribution < 1.29 is 19.0 Å². The van der Waals surface area contributed by atoms with Crippen LogP contribution in [0.5, 0.6) is 17.2 Å². The van der Waals surface area contributed by atoms with Crippen LogP contribution in [0.2, 0.25) is 0 Å². The molecule has 0 spiro atoms. The first kappa shape index (κ1) is 19.6. The topological polar surface area (TPSA) is 56.8 Å². The Bertz CT molecular complexity index is 745. The number of aryl methyl sites for hydroxylation is 1. The lowest BCUT2D eigenvalue weighted by Crippen LogP contribution is -2.39. The fourth-order valence-corrected chi connectivity index (χ4v) is 2.73. The van der Waals surface area contributed by atoms with Gasteiger partial charge in [-0.2, -0.15) is 0 Å². The van der Waals surface area contributed by atoms with Crippen LogP contribution in [0.3, 0.4) is 0 Å². The van der Waals surface area contributed by atoms with Crippen molar-refractivity contribution in [3.05, 3.63) is 53.6 Å². The zero-order valence-corrected chi connectivity index (χ0v) is 16.0. The molecule has 0 aromatic heterocycles. The van der Waals surface area contributed by atoms with Gasteiger partial charge in [-0.05, 0) is 50.1 Å². The van der Waals surface area contributed by atoms with E-state index in [1.54, 1.807) is 14.2 Å². The third-order valence-corrected chi connectivity index (χ3v) is 4.29. The zero-order chi connectivity index (χ0) is 19.1. The Morgan fingerprint density at radius 3 is 2.42 bits per heavy atom. The molecular formula is C21H27NO4. The molecule has 0 heterocycles. The number of hydrogen-bond donors (Lipinski definition) is 1. The van der Waals surface area contributed by atoms with Crippen LogP contribution in [0.1, 0.15) is 37.4 Å². The van der Waals surface area contributed by atoms with Gasteiger partial charge in [0, 0.05) is 5.56 Å².